The number of aromatic amines is 1. The molecule has 0 saturated carbocycles. The first-order valence-electron chi connectivity index (χ1n) is 6.78. The van der Waals surface area contributed by atoms with Gasteiger partial charge in [0, 0.05) is 41.8 Å². The first kappa shape index (κ1) is 10.8. The summed E-state index contributed by atoms with van der Waals surface area (Å²) in [6.45, 7) is 0. The van der Waals surface area contributed by atoms with Crippen molar-refractivity contribution in [1.82, 2.24) is 24.5 Å². The topological polar surface area (TPSA) is 59.4 Å². The summed E-state index contributed by atoms with van der Waals surface area (Å²) in [6.07, 6.45) is 7.18. The minimum atomic E-state index is 0.825. The molecule has 100 valence electrons. The van der Waals surface area contributed by atoms with Crippen molar-refractivity contribution in [2.45, 2.75) is 0 Å². The van der Waals surface area contributed by atoms with E-state index in [0.29, 0.717) is 0 Å². The van der Waals surface area contributed by atoms with Gasteiger partial charge in [0.05, 0.1) is 22.7 Å². The Hall–Kier alpha value is -2.95. The highest BCUT2D eigenvalue weighted by Crippen LogP contribution is 2.35. The van der Waals surface area contributed by atoms with E-state index in [1.807, 2.05) is 12.4 Å². The van der Waals surface area contributed by atoms with Gasteiger partial charge in [0.2, 0.25) is 0 Å². The molecule has 5 rings (SSSR count). The van der Waals surface area contributed by atoms with Crippen LogP contribution in [0.4, 0.5) is 0 Å². The molecule has 5 aromatic rings. The average molecular weight is 273 g/mol. The van der Waals surface area contributed by atoms with Gasteiger partial charge in [-0.2, -0.15) is 0 Å². The molecule has 0 saturated heterocycles. The smallest absolute Gasteiger partial charge is 0.157 e. The van der Waals surface area contributed by atoms with Crippen LogP contribution in [0, 0.1) is 0 Å². The molecule has 4 aromatic heterocycles. The van der Waals surface area contributed by atoms with Crippen LogP contribution in [0.1, 0.15) is 0 Å². The third-order valence-corrected chi connectivity index (χ3v) is 4.17. The van der Waals surface area contributed by atoms with Crippen LogP contribution in [-0.2, 0) is 7.05 Å². The van der Waals surface area contributed by atoms with Gasteiger partial charge >= 0.3 is 0 Å². The van der Waals surface area contributed by atoms with E-state index in [1.54, 1.807) is 12.4 Å². The Morgan fingerprint density at radius 1 is 0.952 bits per heavy atom. The lowest BCUT2D eigenvalue weighted by Crippen LogP contribution is -1.86. The lowest BCUT2D eigenvalue weighted by atomic mass is 10.1. The number of aromatic nitrogens is 5. The van der Waals surface area contributed by atoms with E-state index in [9.17, 15) is 0 Å². The molecule has 1 aromatic carbocycles. The van der Waals surface area contributed by atoms with E-state index in [-0.39, 0.29) is 0 Å². The number of rotatable bonds is 0. The zero-order valence-corrected chi connectivity index (χ0v) is 11.3. The van der Waals surface area contributed by atoms with Gasteiger partial charge < -0.3 is 9.55 Å². The van der Waals surface area contributed by atoms with E-state index in [0.717, 1.165) is 27.6 Å². The lowest BCUT2D eigenvalue weighted by Gasteiger charge is -1.97. The Morgan fingerprint density at radius 2 is 1.86 bits per heavy atom. The van der Waals surface area contributed by atoms with Crippen molar-refractivity contribution >= 4 is 43.9 Å². The third-order valence-electron chi connectivity index (χ3n) is 4.17. The highest BCUT2D eigenvalue weighted by molar-refractivity contribution is 6.23. The summed E-state index contributed by atoms with van der Waals surface area (Å²) < 4.78 is 2.17. The Kier molecular flexibility index (Phi) is 1.84. The minimum absolute atomic E-state index is 0.825. The molecule has 1 N–H and O–H groups in total. The lowest BCUT2D eigenvalue weighted by molar-refractivity contribution is 1.01. The van der Waals surface area contributed by atoms with Crippen molar-refractivity contribution in [2.75, 3.05) is 0 Å². The van der Waals surface area contributed by atoms with Crippen LogP contribution >= 0.6 is 0 Å². The van der Waals surface area contributed by atoms with Gasteiger partial charge in [-0.05, 0) is 18.2 Å². The monoisotopic (exact) mass is 273 g/mol. The first-order valence-corrected chi connectivity index (χ1v) is 6.78. The molecule has 0 amide bonds. The average Bonchev–Trinajstić information content (AvgIpc) is 3.04. The van der Waals surface area contributed by atoms with Crippen LogP contribution in [0.25, 0.3) is 43.9 Å². The van der Waals surface area contributed by atoms with Crippen LogP contribution in [0.2, 0.25) is 0 Å². The second kappa shape index (κ2) is 3.58. The maximum absolute atomic E-state index is 4.45. The molecule has 0 atom stereocenters. The van der Waals surface area contributed by atoms with Crippen molar-refractivity contribution < 1.29 is 0 Å². The van der Waals surface area contributed by atoms with Crippen molar-refractivity contribution in [3.8, 4) is 0 Å². The summed E-state index contributed by atoms with van der Waals surface area (Å²) in [5.74, 6) is 0. The molecule has 0 unspecified atom stereocenters. The van der Waals surface area contributed by atoms with Crippen LogP contribution in [-0.4, -0.2) is 24.5 Å². The van der Waals surface area contributed by atoms with E-state index >= 15 is 0 Å². The van der Waals surface area contributed by atoms with Crippen LogP contribution < -0.4 is 0 Å². The Bertz CT molecular complexity index is 1150. The van der Waals surface area contributed by atoms with Gasteiger partial charge in [0.1, 0.15) is 5.52 Å². The molecule has 0 aliphatic rings. The molecule has 0 spiro atoms. The third kappa shape index (κ3) is 1.23. The zero-order chi connectivity index (χ0) is 14.0. The van der Waals surface area contributed by atoms with Gasteiger partial charge in [0.15, 0.2) is 5.65 Å². The van der Waals surface area contributed by atoms with Crippen LogP contribution in [0.15, 0.2) is 43.0 Å². The molecule has 21 heavy (non-hydrogen) atoms. The number of hydrogen-bond acceptors (Lipinski definition) is 3. The fourth-order valence-corrected chi connectivity index (χ4v) is 3.21. The minimum Gasteiger partial charge on any atom is -0.342 e. The van der Waals surface area contributed by atoms with Crippen LogP contribution in [0.5, 0.6) is 0 Å². The summed E-state index contributed by atoms with van der Waals surface area (Å²) in [5.41, 5.74) is 5.13. The van der Waals surface area contributed by atoms with Crippen LogP contribution in [0.3, 0.4) is 0 Å². The van der Waals surface area contributed by atoms with Crippen molar-refractivity contribution in [1.29, 1.82) is 0 Å². The van der Waals surface area contributed by atoms with Gasteiger partial charge in [-0.3, -0.25) is 9.97 Å². The Labute approximate surface area is 119 Å². The van der Waals surface area contributed by atoms with E-state index < -0.39 is 0 Å². The molecule has 0 fully saturated rings. The number of pyridine rings is 1. The van der Waals surface area contributed by atoms with Crippen molar-refractivity contribution in [3.05, 3.63) is 43.0 Å². The summed E-state index contributed by atoms with van der Waals surface area (Å²) in [7, 11) is 2.07. The van der Waals surface area contributed by atoms with Crippen molar-refractivity contribution in [2.24, 2.45) is 7.05 Å². The van der Waals surface area contributed by atoms with Gasteiger partial charge in [-0.15, -0.1) is 0 Å². The van der Waals surface area contributed by atoms with E-state index in [1.165, 1.54) is 16.3 Å². The largest absolute Gasteiger partial charge is 0.342 e. The SMILES string of the molecule is Cn1c2cnccc2c2c3[nH]c4nccnc4c3ccc21. The fraction of sp³-hybridized carbons (Fsp3) is 0.0625. The summed E-state index contributed by atoms with van der Waals surface area (Å²) in [5, 5.41) is 3.50. The Morgan fingerprint density at radius 3 is 2.81 bits per heavy atom. The maximum Gasteiger partial charge on any atom is 0.157 e. The zero-order valence-electron chi connectivity index (χ0n) is 11.3. The summed E-state index contributed by atoms with van der Waals surface area (Å²) in [6, 6.07) is 6.31. The van der Waals surface area contributed by atoms with E-state index in [4.69, 9.17) is 0 Å². The Balaban J connectivity index is 2.16. The molecule has 0 bridgehead atoms. The number of fused-ring (bicyclic) bond motifs is 7. The standard InChI is InChI=1S/C16H11N5/c1-21-11-3-2-10-14(20-16-15(10)18-6-7-19-16)13(11)9-4-5-17-8-12(9)21/h2-8H,1H3,(H,19,20). The highest BCUT2D eigenvalue weighted by atomic mass is 15.0. The van der Waals surface area contributed by atoms with Gasteiger partial charge in [0.25, 0.3) is 0 Å². The molecular weight excluding hydrogens is 262 g/mol. The second-order valence-electron chi connectivity index (χ2n) is 5.21. The molecule has 0 radical (unpaired) electrons. The van der Waals surface area contributed by atoms with Gasteiger partial charge in [-0.1, -0.05) is 0 Å². The quantitative estimate of drug-likeness (QED) is 0.471. The highest BCUT2D eigenvalue weighted by Gasteiger charge is 2.14. The molecule has 0 aliphatic carbocycles. The number of benzene rings is 1. The molecule has 5 heteroatoms. The number of hydrogen-bond donors (Lipinski definition) is 1. The maximum atomic E-state index is 4.45. The summed E-state index contributed by atoms with van der Waals surface area (Å²) >= 11 is 0. The molecule has 4 heterocycles. The molecule has 0 aliphatic heterocycles. The van der Waals surface area contributed by atoms with E-state index in [2.05, 4.69) is 49.7 Å². The summed E-state index contributed by atoms with van der Waals surface area (Å²) in [4.78, 5) is 16.5. The number of aryl methyl sites for hydroxylation is 1. The fourth-order valence-electron chi connectivity index (χ4n) is 3.21. The number of nitrogens with zero attached hydrogens (tertiary/aromatic N) is 4. The number of nitrogens with one attached hydrogen (secondary N) is 1. The van der Waals surface area contributed by atoms with Crippen molar-refractivity contribution in [3.63, 3.8) is 0 Å². The molecule has 5 nitrogen and oxygen atoms in total. The second-order valence-corrected chi connectivity index (χ2v) is 5.21. The number of H-pyrrole nitrogens is 1. The normalized spacial score (nSPS) is 12.0. The van der Waals surface area contributed by atoms with Gasteiger partial charge in [-0.25, -0.2) is 4.98 Å². The predicted octanol–water partition coefficient (Wildman–Crippen LogP) is 3.15. The predicted molar refractivity (Wildman–Crippen MR) is 83.2 cm³/mol. The first-order chi connectivity index (χ1) is 10.3. The molecular formula is C16H11N5.